The number of hydrogen-bond acceptors (Lipinski definition) is 4. The molecule has 0 aliphatic heterocycles. The topological polar surface area (TPSA) is 58.9 Å². The van der Waals surface area contributed by atoms with Crippen molar-refractivity contribution in [2.75, 3.05) is 11.8 Å². The van der Waals surface area contributed by atoms with Crippen molar-refractivity contribution in [1.29, 1.82) is 0 Å². The second-order valence-corrected chi connectivity index (χ2v) is 5.33. The van der Waals surface area contributed by atoms with Gasteiger partial charge in [-0.15, -0.1) is 23.2 Å². The normalized spacial score (nSPS) is 10.5. The lowest BCUT2D eigenvalue weighted by molar-refractivity contribution is 0.564. The monoisotopic (exact) mass is 346 g/mol. The molecule has 0 aliphatic carbocycles. The van der Waals surface area contributed by atoms with E-state index in [2.05, 4.69) is 9.98 Å². The third-order valence-corrected chi connectivity index (χ3v) is 4.55. The number of alkyl halides is 2. The molecule has 0 aromatic heterocycles. The highest BCUT2D eigenvalue weighted by Gasteiger charge is 2.35. The molecule has 0 N–H and O–H groups in total. The lowest BCUT2D eigenvalue weighted by Gasteiger charge is -2.32. The van der Waals surface area contributed by atoms with Crippen LogP contribution in [-0.4, -0.2) is 23.9 Å². The van der Waals surface area contributed by atoms with Crippen molar-refractivity contribution < 1.29 is 9.59 Å². The number of hydrogen-bond donors (Lipinski definition) is 0. The maximum atomic E-state index is 10.8. The van der Waals surface area contributed by atoms with Crippen molar-refractivity contribution >= 4 is 46.7 Å². The minimum atomic E-state index is -0.783. The largest absolute Gasteiger partial charge is 0.240 e. The minimum absolute atomic E-state index is 0.163. The number of aliphatic imine (C=N–C) groups is 2. The first-order chi connectivity index (χ1) is 11.2. The smallest absolute Gasteiger partial charge is 0.211 e. The SMILES string of the molecule is O=C=Nc1cccc(C(CCl)(CCl)c2ccccc2)c1N=C=O. The van der Waals surface area contributed by atoms with Crippen molar-refractivity contribution in [2.24, 2.45) is 9.98 Å². The Morgan fingerprint density at radius 1 is 0.870 bits per heavy atom. The highest BCUT2D eigenvalue weighted by molar-refractivity contribution is 6.22. The second-order valence-electron chi connectivity index (χ2n) is 4.79. The highest BCUT2D eigenvalue weighted by atomic mass is 35.5. The minimum Gasteiger partial charge on any atom is -0.211 e. The van der Waals surface area contributed by atoms with E-state index in [1.807, 2.05) is 30.3 Å². The highest BCUT2D eigenvalue weighted by Crippen LogP contribution is 2.43. The van der Waals surface area contributed by atoms with E-state index in [1.54, 1.807) is 18.2 Å². The summed E-state index contributed by atoms with van der Waals surface area (Å²) in [5.41, 5.74) is 1.13. The third kappa shape index (κ3) is 3.26. The molecule has 2 aromatic carbocycles. The van der Waals surface area contributed by atoms with Crippen LogP contribution in [0.15, 0.2) is 58.5 Å². The van der Waals surface area contributed by atoms with Gasteiger partial charge in [-0.25, -0.2) is 9.59 Å². The van der Waals surface area contributed by atoms with Crippen molar-refractivity contribution in [3.63, 3.8) is 0 Å². The van der Waals surface area contributed by atoms with Crippen LogP contribution in [0.5, 0.6) is 0 Å². The predicted octanol–water partition coefficient (Wildman–Crippen LogP) is 4.38. The van der Waals surface area contributed by atoms with Crippen molar-refractivity contribution in [3.8, 4) is 0 Å². The average Bonchev–Trinajstić information content (AvgIpc) is 2.60. The van der Waals surface area contributed by atoms with E-state index in [4.69, 9.17) is 23.2 Å². The van der Waals surface area contributed by atoms with Crippen molar-refractivity contribution in [1.82, 2.24) is 0 Å². The molecule has 0 heterocycles. The molecule has 0 radical (unpaired) electrons. The molecule has 0 spiro atoms. The van der Waals surface area contributed by atoms with Crippen LogP contribution in [0, 0.1) is 0 Å². The van der Waals surface area contributed by atoms with Gasteiger partial charge in [-0.2, -0.15) is 9.98 Å². The van der Waals surface area contributed by atoms with E-state index in [0.717, 1.165) is 5.56 Å². The van der Waals surface area contributed by atoms with Gasteiger partial charge in [0.05, 0.1) is 0 Å². The summed E-state index contributed by atoms with van der Waals surface area (Å²) in [6, 6.07) is 14.4. The van der Waals surface area contributed by atoms with E-state index in [1.165, 1.54) is 12.2 Å². The van der Waals surface area contributed by atoms with Gasteiger partial charge in [-0.1, -0.05) is 42.5 Å². The van der Waals surface area contributed by atoms with Gasteiger partial charge >= 0.3 is 0 Å². The number of para-hydroxylation sites is 1. The summed E-state index contributed by atoms with van der Waals surface area (Å²) in [7, 11) is 0. The molecule has 0 saturated heterocycles. The summed E-state index contributed by atoms with van der Waals surface area (Å²) >= 11 is 12.5. The van der Waals surface area contributed by atoms with Crippen LogP contribution in [0.1, 0.15) is 11.1 Å². The van der Waals surface area contributed by atoms with Gasteiger partial charge in [0.1, 0.15) is 11.4 Å². The third-order valence-electron chi connectivity index (χ3n) is 3.64. The molecule has 0 amide bonds. The van der Waals surface area contributed by atoms with Gasteiger partial charge in [0.25, 0.3) is 0 Å². The number of halogens is 2. The summed E-state index contributed by atoms with van der Waals surface area (Å²) in [5, 5.41) is 0. The Morgan fingerprint density at radius 2 is 1.52 bits per heavy atom. The lowest BCUT2D eigenvalue weighted by Crippen LogP contribution is -2.32. The number of nitrogens with zero attached hydrogens (tertiary/aromatic N) is 2. The molecule has 23 heavy (non-hydrogen) atoms. The predicted molar refractivity (Wildman–Crippen MR) is 90.7 cm³/mol. The van der Waals surface area contributed by atoms with Gasteiger partial charge in [0.15, 0.2) is 0 Å². The van der Waals surface area contributed by atoms with E-state index < -0.39 is 5.41 Å². The Labute approximate surface area is 143 Å². The van der Waals surface area contributed by atoms with Gasteiger partial charge in [0.2, 0.25) is 12.2 Å². The van der Waals surface area contributed by atoms with Gasteiger partial charge in [-0.05, 0) is 17.2 Å². The van der Waals surface area contributed by atoms with Gasteiger partial charge in [0, 0.05) is 17.2 Å². The zero-order chi connectivity index (χ0) is 16.7. The molecule has 2 rings (SSSR count). The quantitative estimate of drug-likeness (QED) is 0.442. The first-order valence-electron chi connectivity index (χ1n) is 6.70. The number of isocyanates is 2. The molecule has 0 aliphatic rings. The molecule has 0 atom stereocenters. The van der Waals surface area contributed by atoms with E-state index in [0.29, 0.717) is 5.56 Å². The van der Waals surface area contributed by atoms with E-state index in [9.17, 15) is 9.59 Å². The standard InChI is InChI=1S/C17H12Cl2N2O2/c18-9-17(10-19,13-5-2-1-3-6-13)14-7-4-8-15(20-11-22)16(14)21-12-23/h1-8H,9-10H2. The van der Waals surface area contributed by atoms with Crippen LogP contribution in [0.2, 0.25) is 0 Å². The molecule has 0 bridgehead atoms. The number of carbonyl (C=O) groups excluding carboxylic acids is 2. The molecular formula is C17H12Cl2N2O2. The summed E-state index contributed by atoms with van der Waals surface area (Å²) < 4.78 is 0. The lowest BCUT2D eigenvalue weighted by atomic mass is 9.76. The zero-order valence-corrected chi connectivity index (χ0v) is 13.5. The first-order valence-corrected chi connectivity index (χ1v) is 7.77. The fraction of sp³-hybridized carbons (Fsp3) is 0.176. The number of rotatable bonds is 6. The zero-order valence-electron chi connectivity index (χ0n) is 12.0. The summed E-state index contributed by atoms with van der Waals surface area (Å²) in [6.45, 7) is 0. The fourth-order valence-electron chi connectivity index (χ4n) is 2.47. The molecule has 4 nitrogen and oxygen atoms in total. The molecule has 6 heteroatoms. The molecule has 0 fully saturated rings. The second kappa shape index (κ2) is 7.87. The van der Waals surface area contributed by atoms with Crippen molar-refractivity contribution in [3.05, 3.63) is 59.7 Å². The number of benzene rings is 2. The molecular weight excluding hydrogens is 335 g/mol. The Kier molecular flexibility index (Phi) is 5.86. The van der Waals surface area contributed by atoms with Crippen LogP contribution < -0.4 is 0 Å². The summed E-state index contributed by atoms with van der Waals surface area (Å²) in [4.78, 5) is 28.8. The van der Waals surface area contributed by atoms with Crippen LogP contribution in [0.4, 0.5) is 11.4 Å². The Balaban J connectivity index is 2.82. The Hall–Kier alpha value is -2.22. The maximum absolute atomic E-state index is 10.8. The van der Waals surface area contributed by atoms with Gasteiger partial charge in [-0.3, -0.25) is 0 Å². The molecule has 0 unspecified atom stereocenters. The Bertz CT molecular complexity index is 776. The van der Waals surface area contributed by atoms with Crippen LogP contribution in [0.25, 0.3) is 0 Å². The van der Waals surface area contributed by atoms with E-state index in [-0.39, 0.29) is 23.1 Å². The van der Waals surface area contributed by atoms with Crippen LogP contribution in [-0.2, 0) is 15.0 Å². The molecule has 0 saturated carbocycles. The summed E-state index contributed by atoms with van der Waals surface area (Å²) in [6.07, 6.45) is 2.95. The fourth-order valence-corrected chi connectivity index (χ4v) is 3.35. The summed E-state index contributed by atoms with van der Waals surface area (Å²) in [5.74, 6) is 0.326. The molecule has 2 aromatic rings. The average molecular weight is 347 g/mol. The molecule has 116 valence electrons. The first kappa shape index (κ1) is 17.1. The maximum Gasteiger partial charge on any atom is 0.240 e. The van der Waals surface area contributed by atoms with Gasteiger partial charge < -0.3 is 0 Å². The van der Waals surface area contributed by atoms with Crippen LogP contribution >= 0.6 is 23.2 Å². The van der Waals surface area contributed by atoms with Crippen molar-refractivity contribution in [2.45, 2.75) is 5.41 Å². The van der Waals surface area contributed by atoms with Crippen LogP contribution in [0.3, 0.4) is 0 Å². The van der Waals surface area contributed by atoms with E-state index >= 15 is 0 Å². The Morgan fingerprint density at radius 3 is 2.09 bits per heavy atom.